The third kappa shape index (κ3) is 1.83. The van der Waals surface area contributed by atoms with Crippen LogP contribution in [-0.2, 0) is 6.61 Å². The second kappa shape index (κ2) is 4.57. The molecule has 7 heteroatoms. The molecule has 0 saturated carbocycles. The van der Waals surface area contributed by atoms with Gasteiger partial charge in [0.1, 0.15) is 11.5 Å². The van der Waals surface area contributed by atoms with E-state index in [0.717, 1.165) is 0 Å². The van der Waals surface area contributed by atoms with Crippen LogP contribution >= 0.6 is 0 Å². The first-order valence-corrected chi connectivity index (χ1v) is 5.95. The van der Waals surface area contributed by atoms with Gasteiger partial charge in [-0.3, -0.25) is 0 Å². The summed E-state index contributed by atoms with van der Waals surface area (Å²) >= 11 is 0. The van der Waals surface area contributed by atoms with E-state index in [1.165, 1.54) is 24.3 Å². The van der Waals surface area contributed by atoms with Crippen LogP contribution in [0.2, 0.25) is 0 Å². The Bertz CT molecular complexity index is 944. The second-order valence-corrected chi connectivity index (χ2v) is 4.49. The van der Waals surface area contributed by atoms with E-state index in [1.807, 2.05) is 0 Å². The maximum absolute atomic E-state index is 12.0. The molecule has 0 amide bonds. The lowest BCUT2D eigenvalue weighted by Gasteiger charge is -2.08. The lowest BCUT2D eigenvalue weighted by atomic mass is 10.0. The van der Waals surface area contributed by atoms with Crippen LogP contribution in [0.3, 0.4) is 0 Å². The normalized spacial score (nSPS) is 11.1. The highest BCUT2D eigenvalue weighted by Gasteiger charge is 2.17. The van der Waals surface area contributed by atoms with Crippen molar-refractivity contribution in [2.75, 3.05) is 0 Å². The van der Waals surface area contributed by atoms with Gasteiger partial charge in [-0.05, 0) is 35.0 Å². The minimum Gasteiger partial charge on any atom is -0.507 e. The topological polar surface area (TPSA) is 120 Å². The average molecular weight is 287 g/mol. The van der Waals surface area contributed by atoms with E-state index in [2.05, 4.69) is 5.18 Å². The van der Waals surface area contributed by atoms with Crippen molar-refractivity contribution in [2.24, 2.45) is 5.18 Å². The number of hydrogen-bond acceptors (Lipinski definition) is 7. The Morgan fingerprint density at radius 2 is 1.86 bits per heavy atom. The lowest BCUT2D eigenvalue weighted by molar-refractivity contribution is 0.281. The number of phenolic OH excluding ortho intramolecular Hbond substituents is 2. The summed E-state index contributed by atoms with van der Waals surface area (Å²) < 4.78 is 5.03. The van der Waals surface area contributed by atoms with Crippen LogP contribution in [0.4, 0.5) is 5.69 Å². The van der Waals surface area contributed by atoms with Crippen molar-refractivity contribution in [2.45, 2.75) is 6.61 Å². The molecule has 1 heterocycles. The predicted octanol–water partition coefficient (Wildman–Crippen LogP) is 2.25. The minimum absolute atomic E-state index is 0.0640. The molecule has 0 aliphatic heterocycles. The summed E-state index contributed by atoms with van der Waals surface area (Å²) in [6.07, 6.45) is 0. The fourth-order valence-corrected chi connectivity index (χ4v) is 2.32. The zero-order valence-electron chi connectivity index (χ0n) is 10.5. The van der Waals surface area contributed by atoms with Gasteiger partial charge in [0.15, 0.2) is 11.3 Å². The molecule has 0 radical (unpaired) electrons. The van der Waals surface area contributed by atoms with Crippen LogP contribution in [-0.4, -0.2) is 15.3 Å². The molecule has 0 atom stereocenters. The summed E-state index contributed by atoms with van der Waals surface area (Å²) in [5.74, 6) is -0.663. The van der Waals surface area contributed by atoms with E-state index >= 15 is 0 Å². The van der Waals surface area contributed by atoms with E-state index in [9.17, 15) is 19.9 Å². The molecule has 3 aromatic rings. The van der Waals surface area contributed by atoms with E-state index in [-0.39, 0.29) is 34.1 Å². The van der Waals surface area contributed by atoms with Gasteiger partial charge in [-0.15, -0.1) is 4.91 Å². The molecule has 0 spiro atoms. The second-order valence-electron chi connectivity index (χ2n) is 4.49. The molecule has 0 saturated heterocycles. The summed E-state index contributed by atoms with van der Waals surface area (Å²) in [4.78, 5) is 22.8. The Morgan fingerprint density at radius 1 is 1.10 bits per heavy atom. The number of aliphatic hydroxyl groups is 1. The van der Waals surface area contributed by atoms with Crippen molar-refractivity contribution in [1.82, 2.24) is 0 Å². The van der Waals surface area contributed by atoms with Gasteiger partial charge in [0.2, 0.25) is 0 Å². The van der Waals surface area contributed by atoms with Crippen LogP contribution < -0.4 is 5.63 Å². The molecule has 1 aromatic heterocycles. The zero-order valence-corrected chi connectivity index (χ0v) is 10.5. The van der Waals surface area contributed by atoms with Crippen LogP contribution in [0, 0.1) is 4.91 Å². The van der Waals surface area contributed by atoms with Crippen molar-refractivity contribution >= 4 is 27.4 Å². The van der Waals surface area contributed by atoms with Gasteiger partial charge in [0.25, 0.3) is 0 Å². The number of nitroso groups, excluding NO2 is 1. The van der Waals surface area contributed by atoms with Crippen molar-refractivity contribution in [3.05, 3.63) is 45.2 Å². The number of aromatic hydroxyl groups is 2. The fraction of sp³-hybridized carbons (Fsp3) is 0.0714. The molecule has 0 unspecified atom stereocenters. The highest BCUT2D eigenvalue weighted by Crippen LogP contribution is 2.39. The van der Waals surface area contributed by atoms with Gasteiger partial charge in [-0.1, -0.05) is 0 Å². The summed E-state index contributed by atoms with van der Waals surface area (Å²) in [5, 5.41) is 31.9. The molecule has 3 N–H and O–H groups in total. The van der Waals surface area contributed by atoms with Gasteiger partial charge < -0.3 is 19.7 Å². The third-order valence-corrected chi connectivity index (χ3v) is 3.25. The Kier molecular flexibility index (Phi) is 2.84. The Balaban J connectivity index is 2.61. The molecule has 0 fully saturated rings. The van der Waals surface area contributed by atoms with Gasteiger partial charge in [0, 0.05) is 10.8 Å². The zero-order chi connectivity index (χ0) is 15.1. The van der Waals surface area contributed by atoms with Crippen LogP contribution in [0.15, 0.2) is 38.7 Å². The number of benzene rings is 2. The van der Waals surface area contributed by atoms with Crippen molar-refractivity contribution in [1.29, 1.82) is 0 Å². The average Bonchev–Trinajstić information content (AvgIpc) is 2.47. The number of hydrogen-bond donors (Lipinski definition) is 3. The number of rotatable bonds is 2. The first-order chi connectivity index (χ1) is 10.1. The first-order valence-electron chi connectivity index (χ1n) is 5.95. The Hall–Kier alpha value is -2.93. The van der Waals surface area contributed by atoms with Crippen LogP contribution in [0.5, 0.6) is 11.5 Å². The molecule has 7 nitrogen and oxygen atoms in total. The summed E-state index contributed by atoms with van der Waals surface area (Å²) in [6, 6.07) is 5.32. The van der Waals surface area contributed by atoms with Gasteiger partial charge >= 0.3 is 5.63 Å². The molecule has 2 aromatic carbocycles. The van der Waals surface area contributed by atoms with Gasteiger partial charge in [-0.2, -0.15) is 0 Å². The fourth-order valence-electron chi connectivity index (χ4n) is 2.32. The first kappa shape index (κ1) is 13.1. The monoisotopic (exact) mass is 287 g/mol. The van der Waals surface area contributed by atoms with Gasteiger partial charge in [0.05, 0.1) is 12.0 Å². The highest BCUT2D eigenvalue weighted by atomic mass is 16.4. The molecule has 21 heavy (non-hydrogen) atoms. The molecule has 0 bridgehead atoms. The van der Waals surface area contributed by atoms with E-state index in [0.29, 0.717) is 5.56 Å². The minimum atomic E-state index is -0.807. The van der Waals surface area contributed by atoms with E-state index in [4.69, 9.17) is 9.52 Å². The van der Waals surface area contributed by atoms with Gasteiger partial charge in [-0.25, -0.2) is 4.79 Å². The molecule has 106 valence electrons. The summed E-state index contributed by atoms with van der Waals surface area (Å²) in [5.41, 5.74) is -1.07. The standard InChI is InChI=1S/C14H9NO6/c16-5-6-3-8-11(10(18)4-6)7-1-2-9(17)12(15-20)13(7)21-14(8)19/h1-4,16-18H,5H2. The molecular formula is C14H9NO6. The maximum atomic E-state index is 12.0. The Labute approximate surface area is 116 Å². The maximum Gasteiger partial charge on any atom is 0.344 e. The Morgan fingerprint density at radius 3 is 2.52 bits per heavy atom. The predicted molar refractivity (Wildman–Crippen MR) is 74.7 cm³/mol. The molecule has 0 aliphatic carbocycles. The lowest BCUT2D eigenvalue weighted by Crippen LogP contribution is -2.01. The number of nitrogens with zero attached hydrogens (tertiary/aromatic N) is 1. The quantitative estimate of drug-likeness (QED) is 0.377. The third-order valence-electron chi connectivity index (χ3n) is 3.25. The van der Waals surface area contributed by atoms with E-state index < -0.39 is 17.1 Å². The highest BCUT2D eigenvalue weighted by molar-refractivity contribution is 6.11. The summed E-state index contributed by atoms with van der Waals surface area (Å²) in [6.45, 7) is -0.350. The summed E-state index contributed by atoms with van der Waals surface area (Å²) in [7, 11) is 0. The largest absolute Gasteiger partial charge is 0.507 e. The number of fused-ring (bicyclic) bond motifs is 3. The number of aliphatic hydroxyl groups excluding tert-OH is 1. The van der Waals surface area contributed by atoms with Crippen molar-refractivity contribution in [3.63, 3.8) is 0 Å². The van der Waals surface area contributed by atoms with Crippen molar-refractivity contribution < 1.29 is 19.7 Å². The van der Waals surface area contributed by atoms with Crippen molar-refractivity contribution in [3.8, 4) is 11.5 Å². The number of phenols is 2. The smallest absolute Gasteiger partial charge is 0.344 e. The molecular weight excluding hydrogens is 278 g/mol. The molecule has 3 rings (SSSR count). The SMILES string of the molecule is O=Nc1c(O)ccc2c1oc(=O)c1cc(CO)cc(O)c12. The van der Waals surface area contributed by atoms with Crippen LogP contribution in [0.1, 0.15) is 5.56 Å². The van der Waals surface area contributed by atoms with E-state index in [1.54, 1.807) is 0 Å². The van der Waals surface area contributed by atoms with Crippen LogP contribution in [0.25, 0.3) is 21.7 Å². The molecule has 0 aliphatic rings.